The first-order valence-electron chi connectivity index (χ1n) is 7.27. The maximum atomic E-state index is 12.1. The summed E-state index contributed by atoms with van der Waals surface area (Å²) >= 11 is 0. The molecule has 0 spiro atoms. The van der Waals surface area contributed by atoms with E-state index in [1.807, 2.05) is 25.1 Å². The molecule has 0 bridgehead atoms. The zero-order valence-corrected chi connectivity index (χ0v) is 13.3. The fraction of sp³-hybridized carbons (Fsp3) is 0.176. The Hall–Kier alpha value is -3.22. The molecule has 0 aromatic heterocycles. The van der Waals surface area contributed by atoms with E-state index in [0.717, 1.165) is 5.56 Å². The van der Waals surface area contributed by atoms with Crippen molar-refractivity contribution in [3.8, 4) is 0 Å². The number of hydrogen-bond acceptors (Lipinski definition) is 5. The van der Waals surface area contributed by atoms with Gasteiger partial charge in [-0.15, -0.1) is 0 Å². The SMILES string of the molecule is Cc1ccccc1NC(=O)[C@H](C)O/N=C\c1cccc([N+](=O)[O-])c1. The van der Waals surface area contributed by atoms with Crippen LogP contribution in [0.4, 0.5) is 11.4 Å². The van der Waals surface area contributed by atoms with Crippen LogP contribution in [0.5, 0.6) is 0 Å². The second-order valence-corrected chi connectivity index (χ2v) is 5.14. The number of nitro groups is 1. The highest BCUT2D eigenvalue weighted by molar-refractivity contribution is 5.94. The Morgan fingerprint density at radius 1 is 1.29 bits per heavy atom. The first-order chi connectivity index (χ1) is 11.5. The summed E-state index contributed by atoms with van der Waals surface area (Å²) in [5, 5.41) is 17.2. The lowest BCUT2D eigenvalue weighted by molar-refractivity contribution is -0.384. The molecule has 2 aromatic carbocycles. The van der Waals surface area contributed by atoms with Gasteiger partial charge in [-0.2, -0.15) is 0 Å². The topological polar surface area (TPSA) is 93.8 Å². The van der Waals surface area contributed by atoms with E-state index in [4.69, 9.17) is 4.84 Å². The van der Waals surface area contributed by atoms with Gasteiger partial charge >= 0.3 is 0 Å². The molecule has 2 rings (SSSR count). The molecule has 0 saturated carbocycles. The number of carbonyl (C=O) groups excluding carboxylic acids is 1. The van der Waals surface area contributed by atoms with Crippen LogP contribution in [-0.2, 0) is 9.63 Å². The van der Waals surface area contributed by atoms with Crippen LogP contribution >= 0.6 is 0 Å². The van der Waals surface area contributed by atoms with E-state index in [1.54, 1.807) is 25.1 Å². The minimum Gasteiger partial charge on any atom is -0.383 e. The van der Waals surface area contributed by atoms with Crippen molar-refractivity contribution in [3.05, 3.63) is 69.8 Å². The zero-order chi connectivity index (χ0) is 17.5. The molecule has 7 heteroatoms. The summed E-state index contributed by atoms with van der Waals surface area (Å²) in [6, 6.07) is 13.4. The third kappa shape index (κ3) is 4.64. The van der Waals surface area contributed by atoms with Crippen molar-refractivity contribution in [2.24, 2.45) is 5.16 Å². The summed E-state index contributed by atoms with van der Waals surface area (Å²) in [6.45, 7) is 3.46. The Balaban J connectivity index is 1.93. The van der Waals surface area contributed by atoms with E-state index in [-0.39, 0.29) is 11.6 Å². The zero-order valence-electron chi connectivity index (χ0n) is 13.3. The molecule has 7 nitrogen and oxygen atoms in total. The van der Waals surface area contributed by atoms with Crippen molar-refractivity contribution < 1.29 is 14.6 Å². The van der Waals surface area contributed by atoms with Gasteiger partial charge < -0.3 is 10.2 Å². The third-order valence-corrected chi connectivity index (χ3v) is 3.27. The van der Waals surface area contributed by atoms with Crippen molar-refractivity contribution in [2.45, 2.75) is 20.0 Å². The predicted octanol–water partition coefficient (Wildman–Crippen LogP) is 3.28. The van der Waals surface area contributed by atoms with Gasteiger partial charge in [-0.1, -0.05) is 35.5 Å². The number of anilines is 1. The predicted molar refractivity (Wildman–Crippen MR) is 91.0 cm³/mol. The van der Waals surface area contributed by atoms with Crippen LogP contribution in [0.3, 0.4) is 0 Å². The Morgan fingerprint density at radius 2 is 2.04 bits per heavy atom. The van der Waals surface area contributed by atoms with Crippen molar-refractivity contribution in [1.82, 2.24) is 0 Å². The molecule has 2 aromatic rings. The van der Waals surface area contributed by atoms with Crippen LogP contribution in [0, 0.1) is 17.0 Å². The molecule has 24 heavy (non-hydrogen) atoms. The van der Waals surface area contributed by atoms with Gasteiger partial charge in [0.25, 0.3) is 11.6 Å². The summed E-state index contributed by atoms with van der Waals surface area (Å²) < 4.78 is 0. The molecule has 1 amide bonds. The number of amides is 1. The van der Waals surface area contributed by atoms with Gasteiger partial charge in [0, 0.05) is 23.4 Å². The maximum Gasteiger partial charge on any atom is 0.270 e. The summed E-state index contributed by atoms with van der Waals surface area (Å²) in [7, 11) is 0. The van der Waals surface area contributed by atoms with Crippen molar-refractivity contribution in [3.63, 3.8) is 0 Å². The molecule has 1 N–H and O–H groups in total. The molecule has 0 radical (unpaired) electrons. The number of oxime groups is 1. The molecule has 1 atom stereocenters. The molecule has 0 heterocycles. The number of aryl methyl sites for hydroxylation is 1. The second kappa shape index (κ2) is 7.87. The average Bonchev–Trinajstić information content (AvgIpc) is 2.57. The number of rotatable bonds is 6. The van der Waals surface area contributed by atoms with Gasteiger partial charge in [-0.25, -0.2) is 0 Å². The fourth-order valence-electron chi connectivity index (χ4n) is 1.90. The number of carbonyl (C=O) groups is 1. The van der Waals surface area contributed by atoms with Crippen LogP contribution < -0.4 is 5.32 Å². The van der Waals surface area contributed by atoms with Crippen LogP contribution in [0.2, 0.25) is 0 Å². The van der Waals surface area contributed by atoms with Crippen LogP contribution in [0.15, 0.2) is 53.7 Å². The number of non-ortho nitro benzene ring substituents is 1. The van der Waals surface area contributed by atoms with Gasteiger partial charge in [-0.3, -0.25) is 14.9 Å². The van der Waals surface area contributed by atoms with Gasteiger partial charge in [0.05, 0.1) is 11.1 Å². The number of hydrogen-bond donors (Lipinski definition) is 1. The summed E-state index contributed by atoms with van der Waals surface area (Å²) in [4.78, 5) is 27.4. The van der Waals surface area contributed by atoms with Crippen LogP contribution in [0.25, 0.3) is 0 Å². The Bertz CT molecular complexity index is 774. The van der Waals surface area contributed by atoms with Crippen LogP contribution in [0.1, 0.15) is 18.1 Å². The number of nitrogens with zero attached hydrogens (tertiary/aromatic N) is 2. The second-order valence-electron chi connectivity index (χ2n) is 5.14. The molecule has 0 aliphatic carbocycles. The number of para-hydroxylation sites is 1. The molecule has 0 aliphatic rings. The standard InChI is InChI=1S/C17H17N3O4/c1-12-6-3-4-9-16(12)19-17(21)13(2)24-18-11-14-7-5-8-15(10-14)20(22)23/h3-11,13H,1-2H3,(H,19,21)/b18-11-/t13-/m0/s1. The summed E-state index contributed by atoms with van der Waals surface area (Å²) in [5.41, 5.74) is 2.12. The molecular formula is C17H17N3O4. The fourth-order valence-corrected chi connectivity index (χ4v) is 1.90. The minimum absolute atomic E-state index is 0.0377. The van der Waals surface area contributed by atoms with E-state index >= 15 is 0 Å². The first kappa shape index (κ1) is 17.1. The lowest BCUT2D eigenvalue weighted by atomic mass is 10.2. The Labute approximate surface area is 139 Å². The maximum absolute atomic E-state index is 12.1. The molecule has 0 aliphatic heterocycles. The van der Waals surface area contributed by atoms with E-state index < -0.39 is 11.0 Å². The Kier molecular flexibility index (Phi) is 5.62. The molecule has 0 fully saturated rings. The van der Waals surface area contributed by atoms with Crippen molar-refractivity contribution >= 4 is 23.5 Å². The summed E-state index contributed by atoms with van der Waals surface area (Å²) in [6.07, 6.45) is 0.518. The molecular weight excluding hydrogens is 310 g/mol. The number of nitrogens with one attached hydrogen (secondary N) is 1. The average molecular weight is 327 g/mol. The normalized spacial score (nSPS) is 11.9. The molecule has 0 unspecified atom stereocenters. The number of nitro benzene ring substituents is 1. The highest BCUT2D eigenvalue weighted by Gasteiger charge is 2.14. The quantitative estimate of drug-likeness (QED) is 0.500. The van der Waals surface area contributed by atoms with Crippen molar-refractivity contribution in [2.75, 3.05) is 5.32 Å². The first-order valence-corrected chi connectivity index (χ1v) is 7.27. The number of benzene rings is 2. The van der Waals surface area contributed by atoms with Crippen LogP contribution in [-0.4, -0.2) is 23.1 Å². The lowest BCUT2D eigenvalue weighted by Gasteiger charge is -2.12. The Morgan fingerprint density at radius 3 is 2.75 bits per heavy atom. The van der Waals surface area contributed by atoms with Gasteiger partial charge in [-0.05, 0) is 25.5 Å². The largest absolute Gasteiger partial charge is 0.383 e. The monoisotopic (exact) mass is 327 g/mol. The highest BCUT2D eigenvalue weighted by atomic mass is 16.6. The third-order valence-electron chi connectivity index (χ3n) is 3.27. The molecule has 124 valence electrons. The smallest absolute Gasteiger partial charge is 0.270 e. The summed E-state index contributed by atoms with van der Waals surface area (Å²) in [5.74, 6) is -0.333. The van der Waals surface area contributed by atoms with Gasteiger partial charge in [0.2, 0.25) is 6.10 Å². The van der Waals surface area contributed by atoms with Gasteiger partial charge in [0.1, 0.15) is 0 Å². The van der Waals surface area contributed by atoms with E-state index in [1.165, 1.54) is 18.3 Å². The van der Waals surface area contributed by atoms with E-state index in [9.17, 15) is 14.9 Å². The van der Waals surface area contributed by atoms with E-state index in [2.05, 4.69) is 10.5 Å². The minimum atomic E-state index is -0.806. The van der Waals surface area contributed by atoms with E-state index in [0.29, 0.717) is 11.3 Å². The van der Waals surface area contributed by atoms with Crippen molar-refractivity contribution in [1.29, 1.82) is 0 Å². The highest BCUT2D eigenvalue weighted by Crippen LogP contribution is 2.14. The lowest BCUT2D eigenvalue weighted by Crippen LogP contribution is -2.26. The molecule has 0 saturated heterocycles. The van der Waals surface area contributed by atoms with Gasteiger partial charge in [0.15, 0.2) is 0 Å².